The van der Waals surface area contributed by atoms with E-state index >= 15 is 0 Å². The van der Waals surface area contributed by atoms with Gasteiger partial charge >= 0.3 is 144 Å². The second kappa shape index (κ2) is 121. The van der Waals surface area contributed by atoms with Gasteiger partial charge in [-0.25, -0.2) is 8.42 Å². The van der Waals surface area contributed by atoms with E-state index in [1.807, 2.05) is 95.6 Å². The summed E-state index contributed by atoms with van der Waals surface area (Å²) in [7, 11) is 0.433. The third-order valence-electron chi connectivity index (χ3n) is 1.15. The first kappa shape index (κ1) is 136. The van der Waals surface area contributed by atoms with Crippen LogP contribution in [0.2, 0.25) is 40.8 Å². The average Bonchev–Trinajstić information content (AvgIpc) is 3.20. The molecule has 76 heavy (non-hydrogen) atoms. The molecule has 486 valence electrons. The summed E-state index contributed by atoms with van der Waals surface area (Å²) in [6.45, 7) is 35.2. The molecule has 0 atom stereocenters. The number of sulfone groups is 1. The SMILES string of the molecule is CC.CC.CC.CC.CC.CC.CC(=O)OC(F)(F)F.CC(C)=O.CC(C)=O.CC(C)=O.COC.COC(C)=O.COS(C)(=O)=O.CO[Se](C)(=O)=O.CS(C)(=O)=O.CS(C)=O.CSC.C[Se](C)(=O)=O.C[Se](C)=O.C[Se]C. The summed E-state index contributed by atoms with van der Waals surface area (Å²) < 4.78 is 149. The van der Waals surface area contributed by atoms with Crippen molar-refractivity contribution in [2.75, 3.05) is 79.3 Å². The molecular weight excluding hydrogens is 1360 g/mol. The molecule has 0 radical (unpaired) electrons. The van der Waals surface area contributed by atoms with Gasteiger partial charge in [-0.2, -0.15) is 20.2 Å². The molecule has 0 amide bonds. The van der Waals surface area contributed by atoms with Crippen LogP contribution in [0.1, 0.15) is 138 Å². The molecule has 0 aliphatic heterocycles. The molecule has 0 aliphatic carbocycles. The molecule has 0 rings (SSSR count). The summed E-state index contributed by atoms with van der Waals surface area (Å²) in [5, 5.41) is 0. The first-order valence-corrected chi connectivity index (χ1v) is 45.9. The zero-order chi connectivity index (χ0) is 68.5. The van der Waals surface area contributed by atoms with Crippen molar-refractivity contribution in [1.29, 1.82) is 0 Å². The number of ether oxygens (including phenoxy) is 3. The fourth-order valence-electron chi connectivity index (χ4n) is 0.163. The topological polar surface area (TPSA) is 302 Å². The summed E-state index contributed by atoms with van der Waals surface area (Å²) in [6, 6.07) is 0. The average molecular weight is 1480 g/mol. The van der Waals surface area contributed by atoms with E-state index < -0.39 is 82.7 Å². The van der Waals surface area contributed by atoms with E-state index in [2.05, 4.69) is 33.9 Å². The number of methoxy groups -OCH3 is 2. The molecule has 0 aromatic carbocycles. The number of carbonyl (C=O) groups excluding carboxylic acids is 5. The van der Waals surface area contributed by atoms with Crippen LogP contribution in [0.25, 0.3) is 0 Å². The Morgan fingerprint density at radius 3 is 0.645 bits per heavy atom. The van der Waals surface area contributed by atoms with Gasteiger partial charge in [0, 0.05) is 63.9 Å². The van der Waals surface area contributed by atoms with Crippen LogP contribution < -0.4 is 0 Å². The fraction of sp³-hybridized carbons (Fsp3) is 0.889. The molecule has 0 N–H and O–H groups in total. The number of halogens is 3. The molecule has 0 unspecified atom stereocenters. The number of thioether (sulfide) groups is 1. The zero-order valence-corrected chi connectivity index (χ0v) is 64.7. The van der Waals surface area contributed by atoms with Gasteiger partial charge in [0.05, 0.1) is 20.5 Å². The minimum atomic E-state index is -4.83. The van der Waals surface area contributed by atoms with Gasteiger partial charge in [-0.3, -0.25) is 18.0 Å². The standard InChI is InChI=1S/C3H3F3O2.C3H6O2.3C3H6O.C2H6O3S.C2H6O3Se.C2H6O2S.C2H6O2Se.C2H6OS.C2H6OSe.C2H6O.C2H6S.C2H6Se.6C2H6/c1-2(7)8-3(4,5)6;1-3(4)5-2;3*1-3(2)4;2*1-5-6(2,3)4;2*1-5(2,3)4;2*1-4(2)3;3*1-3-2;6*1-2/h1H3;1-2H3;3*1-2H3;2*1-2H3;2*1-2H3;2*1-2H3;3*1-2H3;6*1-2H3. The second-order valence-electron chi connectivity index (χ2n) is 11.2. The first-order valence-electron chi connectivity index (χ1n) is 22.0. The van der Waals surface area contributed by atoms with Crippen molar-refractivity contribution in [1.82, 2.24) is 0 Å². The molecule has 0 saturated carbocycles. The third-order valence-corrected chi connectivity index (χ3v) is 3.03. The van der Waals surface area contributed by atoms with E-state index in [0.29, 0.717) is 6.92 Å². The first-order chi connectivity index (χ1) is 33.7. The van der Waals surface area contributed by atoms with Gasteiger partial charge in [-0.15, -0.1) is 13.2 Å². The fourth-order valence-corrected chi connectivity index (χ4v) is 0.163. The number of rotatable bonds is 2. The van der Waals surface area contributed by atoms with E-state index in [9.17, 15) is 77.4 Å². The number of alkyl halides is 3. The van der Waals surface area contributed by atoms with Gasteiger partial charge in [0.2, 0.25) is 0 Å². The second-order valence-corrected chi connectivity index (χ2v) is 30.8. The summed E-state index contributed by atoms with van der Waals surface area (Å²) in [5.41, 5.74) is 0. The Labute approximate surface area is 487 Å². The van der Waals surface area contributed by atoms with Crippen LogP contribution in [0.4, 0.5) is 13.2 Å². The van der Waals surface area contributed by atoms with E-state index in [-0.39, 0.29) is 23.3 Å². The van der Waals surface area contributed by atoms with Crippen molar-refractivity contribution in [3.63, 3.8) is 0 Å². The number of hydrogen-bond donors (Lipinski definition) is 0. The van der Waals surface area contributed by atoms with Gasteiger partial charge in [0.1, 0.15) is 27.2 Å². The Morgan fingerprint density at radius 1 is 0.566 bits per heavy atom. The molecule has 0 aliphatic rings. The number of ketones is 3. The van der Waals surface area contributed by atoms with Crippen molar-refractivity contribution >= 4 is 126 Å². The van der Waals surface area contributed by atoms with E-state index in [0.717, 1.165) is 53.8 Å². The van der Waals surface area contributed by atoms with Crippen molar-refractivity contribution < 1.29 is 99.6 Å². The van der Waals surface area contributed by atoms with Crippen LogP contribution in [0, 0.1) is 0 Å². The molecule has 0 heterocycles. The van der Waals surface area contributed by atoms with Crippen molar-refractivity contribution in [3.05, 3.63) is 0 Å². The monoisotopic (exact) mass is 1480 g/mol. The minimum absolute atomic E-state index is 0.167. The Balaban J connectivity index is -0.0000000245. The van der Waals surface area contributed by atoms with Gasteiger partial charge in [0.25, 0.3) is 10.1 Å². The molecule has 0 spiro atoms. The van der Waals surface area contributed by atoms with Crippen LogP contribution in [-0.4, -0.2) is 191 Å². The van der Waals surface area contributed by atoms with Gasteiger partial charge < -0.3 is 28.6 Å². The third kappa shape index (κ3) is 2600. The molecule has 20 nitrogen and oxygen atoms in total. The Hall–Kier alpha value is -0.902. The molecule has 0 fully saturated rings. The Morgan fingerprint density at radius 2 is 0.645 bits per heavy atom. The predicted molar refractivity (Wildman–Crippen MR) is 322 cm³/mol. The van der Waals surface area contributed by atoms with Gasteiger partial charge in [0.15, 0.2) is 0 Å². The predicted octanol–water partition coefficient (Wildman–Crippen LogP) is 11.7. The molecular formula is C45H117F3O20S4Se4. The van der Waals surface area contributed by atoms with Gasteiger partial charge in [-0.1, -0.05) is 83.1 Å². The van der Waals surface area contributed by atoms with Crippen LogP contribution in [0.15, 0.2) is 0 Å². The van der Waals surface area contributed by atoms with Crippen molar-refractivity contribution in [2.45, 2.75) is 186 Å². The number of carbonyl (C=O) groups is 5. The van der Waals surface area contributed by atoms with E-state index in [1.165, 1.54) is 67.2 Å². The number of Topliss-reactive ketones (excluding diaryl/α,β-unsaturated/α-hetero) is 3. The van der Waals surface area contributed by atoms with Crippen LogP contribution in [0.3, 0.4) is 0 Å². The van der Waals surface area contributed by atoms with Crippen LogP contribution in [-0.2, 0) is 96.1 Å². The van der Waals surface area contributed by atoms with E-state index in [4.69, 9.17) is 0 Å². The maximum absolute atomic E-state index is 10.9. The maximum atomic E-state index is 10.9. The number of esters is 2. The molecule has 0 aromatic heterocycles. The van der Waals surface area contributed by atoms with E-state index in [1.54, 1.807) is 50.1 Å². The summed E-state index contributed by atoms with van der Waals surface area (Å²) in [6.07, 6.45) is 5.85. The number of hydrogen-bond acceptors (Lipinski definition) is 21. The molecule has 31 heteroatoms. The quantitative estimate of drug-likeness (QED) is 0.141. The molecule has 0 bridgehead atoms. The zero-order valence-electron chi connectivity index (χ0n) is 54.6. The van der Waals surface area contributed by atoms with Crippen LogP contribution in [0.5, 0.6) is 0 Å². The summed E-state index contributed by atoms with van der Waals surface area (Å²) in [4.78, 5) is 47.4. The van der Waals surface area contributed by atoms with Crippen molar-refractivity contribution in [2.24, 2.45) is 0 Å². The Kier molecular flexibility index (Phi) is 217. The Bertz CT molecular complexity index is 1380. The summed E-state index contributed by atoms with van der Waals surface area (Å²) in [5.74, 6) is 10.3. The van der Waals surface area contributed by atoms with Crippen LogP contribution >= 0.6 is 11.8 Å². The van der Waals surface area contributed by atoms with Crippen molar-refractivity contribution in [3.8, 4) is 0 Å². The van der Waals surface area contributed by atoms with Gasteiger partial charge in [-0.05, 0) is 54.1 Å². The molecule has 0 aromatic rings. The molecule has 0 saturated heterocycles. The normalized spacial score (nSPS) is 8.11. The summed E-state index contributed by atoms with van der Waals surface area (Å²) >= 11 is -5.69.